The maximum atomic E-state index is 12.3. The molecule has 0 aliphatic heterocycles. The Bertz CT molecular complexity index is 508. The zero-order valence-corrected chi connectivity index (χ0v) is 11.9. The van der Waals surface area contributed by atoms with Crippen molar-refractivity contribution in [1.29, 1.82) is 0 Å². The Morgan fingerprint density at radius 3 is 2.40 bits per heavy atom. The van der Waals surface area contributed by atoms with E-state index in [0.717, 1.165) is 0 Å². The monoisotopic (exact) mass is 277 g/mol. The summed E-state index contributed by atoms with van der Waals surface area (Å²) in [5.41, 5.74) is -1.03. The molecule has 0 aliphatic rings. The zero-order chi connectivity index (χ0) is 15.3. The van der Waals surface area contributed by atoms with Crippen LogP contribution in [0.2, 0.25) is 0 Å². The number of rotatable bonds is 5. The summed E-state index contributed by atoms with van der Waals surface area (Å²) in [5, 5.41) is 10.2. The van der Waals surface area contributed by atoms with E-state index >= 15 is 0 Å². The molecular weight excluding hydrogens is 258 g/mol. The molecule has 1 aromatic carbocycles. The molecule has 1 aromatic rings. The van der Waals surface area contributed by atoms with Crippen molar-refractivity contribution in [1.82, 2.24) is 0 Å². The lowest BCUT2D eigenvalue weighted by molar-refractivity contribution is -0.144. The molecule has 1 N–H and O–H groups in total. The smallest absolute Gasteiger partial charge is 0.308 e. The van der Waals surface area contributed by atoms with Crippen LogP contribution in [0.1, 0.15) is 13.3 Å². The van der Waals surface area contributed by atoms with Gasteiger partial charge in [0.1, 0.15) is 5.60 Å². The topological polar surface area (TPSA) is 66.8 Å². The molecule has 0 heterocycles. The average molecular weight is 277 g/mol. The molecule has 0 radical (unpaired) electrons. The fraction of sp³-hybridized carbons (Fsp3) is 0.333. The van der Waals surface area contributed by atoms with Gasteiger partial charge in [-0.2, -0.15) is 0 Å². The van der Waals surface area contributed by atoms with Gasteiger partial charge in [0.05, 0.1) is 13.5 Å². The Kier molecular flexibility index (Phi) is 5.05. The predicted molar refractivity (Wildman–Crippen MR) is 76.2 cm³/mol. The van der Waals surface area contributed by atoms with Gasteiger partial charge in [0.25, 0.3) is 5.91 Å². The maximum Gasteiger partial charge on any atom is 0.308 e. The molecule has 5 nitrogen and oxygen atoms in total. The minimum absolute atomic E-state index is 0.0609. The third-order valence-electron chi connectivity index (χ3n) is 3.07. The number of amides is 1. The summed E-state index contributed by atoms with van der Waals surface area (Å²) in [7, 11) is 2.80. The van der Waals surface area contributed by atoms with E-state index in [1.807, 2.05) is 6.07 Å². The van der Waals surface area contributed by atoms with E-state index in [0.29, 0.717) is 5.69 Å². The highest BCUT2D eigenvalue weighted by molar-refractivity contribution is 6.06. The standard InChI is InChI=1S/C15H19NO4/c1-11(15(2,19)10-13(17)20-4)14(18)16(3)12-8-6-5-7-9-12/h5-9,19H,1,10H2,2-4H3. The van der Waals surface area contributed by atoms with Crippen LogP contribution in [0, 0.1) is 0 Å². The summed E-state index contributed by atoms with van der Waals surface area (Å²) in [5.74, 6) is -1.06. The summed E-state index contributed by atoms with van der Waals surface area (Å²) >= 11 is 0. The van der Waals surface area contributed by atoms with Gasteiger partial charge in [-0.3, -0.25) is 9.59 Å². The van der Waals surface area contributed by atoms with E-state index in [1.165, 1.54) is 18.9 Å². The summed E-state index contributed by atoms with van der Waals surface area (Å²) in [6, 6.07) is 8.97. The van der Waals surface area contributed by atoms with Gasteiger partial charge in [-0.1, -0.05) is 24.8 Å². The molecule has 0 bridgehead atoms. The summed E-state index contributed by atoms with van der Waals surface area (Å²) in [6.07, 6.45) is -0.323. The van der Waals surface area contributed by atoms with E-state index in [2.05, 4.69) is 11.3 Å². The highest BCUT2D eigenvalue weighted by atomic mass is 16.5. The van der Waals surface area contributed by atoms with Crippen molar-refractivity contribution >= 4 is 17.6 Å². The van der Waals surface area contributed by atoms with Crippen molar-refractivity contribution in [2.45, 2.75) is 18.9 Å². The van der Waals surface area contributed by atoms with Crippen molar-refractivity contribution in [3.05, 3.63) is 42.5 Å². The number of hydrogen-bond acceptors (Lipinski definition) is 4. The molecule has 5 heteroatoms. The van der Waals surface area contributed by atoms with E-state index in [1.54, 1.807) is 31.3 Å². The number of aliphatic hydroxyl groups is 1. The number of likely N-dealkylation sites (N-methyl/N-ethyl adjacent to an activating group) is 1. The first-order valence-electron chi connectivity index (χ1n) is 6.11. The molecule has 1 amide bonds. The highest BCUT2D eigenvalue weighted by Gasteiger charge is 2.34. The van der Waals surface area contributed by atoms with Crippen LogP contribution in [0.4, 0.5) is 5.69 Å². The first-order valence-corrected chi connectivity index (χ1v) is 6.11. The normalized spacial score (nSPS) is 13.2. The third-order valence-corrected chi connectivity index (χ3v) is 3.07. The Balaban J connectivity index is 2.86. The van der Waals surface area contributed by atoms with Gasteiger partial charge in [0, 0.05) is 18.3 Å². The van der Waals surface area contributed by atoms with Gasteiger partial charge in [-0.05, 0) is 19.1 Å². The molecule has 108 valence electrons. The molecular formula is C15H19NO4. The first kappa shape index (κ1) is 15.9. The van der Waals surface area contributed by atoms with E-state index in [4.69, 9.17) is 0 Å². The van der Waals surface area contributed by atoms with Crippen LogP contribution >= 0.6 is 0 Å². The van der Waals surface area contributed by atoms with Crippen LogP contribution < -0.4 is 4.90 Å². The number of anilines is 1. The van der Waals surface area contributed by atoms with Gasteiger partial charge in [0.2, 0.25) is 0 Å². The highest BCUT2D eigenvalue weighted by Crippen LogP contribution is 2.23. The number of benzene rings is 1. The fourth-order valence-corrected chi connectivity index (χ4v) is 1.66. The van der Waals surface area contributed by atoms with Crippen LogP contribution in [0.3, 0.4) is 0 Å². The van der Waals surface area contributed by atoms with Gasteiger partial charge in [0.15, 0.2) is 0 Å². The number of carbonyl (C=O) groups excluding carboxylic acids is 2. The number of methoxy groups -OCH3 is 1. The molecule has 1 unspecified atom stereocenters. The molecule has 0 saturated carbocycles. The molecule has 0 aromatic heterocycles. The van der Waals surface area contributed by atoms with Crippen LogP contribution in [-0.2, 0) is 14.3 Å². The van der Waals surface area contributed by atoms with Gasteiger partial charge in [-0.15, -0.1) is 0 Å². The Hall–Kier alpha value is -2.14. The number of nitrogens with zero attached hydrogens (tertiary/aromatic N) is 1. The summed E-state index contributed by atoms with van der Waals surface area (Å²) in [4.78, 5) is 24.9. The third kappa shape index (κ3) is 3.68. The Morgan fingerprint density at radius 2 is 1.90 bits per heavy atom. The maximum absolute atomic E-state index is 12.3. The number of hydrogen-bond donors (Lipinski definition) is 1. The van der Waals surface area contributed by atoms with Crippen molar-refractivity contribution in [2.75, 3.05) is 19.1 Å². The quantitative estimate of drug-likeness (QED) is 0.654. The van der Waals surface area contributed by atoms with Crippen LogP contribution in [0.15, 0.2) is 42.5 Å². The molecule has 0 aliphatic carbocycles. The molecule has 0 saturated heterocycles. The van der Waals surface area contributed by atoms with Crippen LogP contribution in [0.5, 0.6) is 0 Å². The van der Waals surface area contributed by atoms with E-state index in [9.17, 15) is 14.7 Å². The van der Waals surface area contributed by atoms with Crippen LogP contribution in [0.25, 0.3) is 0 Å². The molecule has 0 fully saturated rings. The zero-order valence-electron chi connectivity index (χ0n) is 11.9. The molecule has 20 heavy (non-hydrogen) atoms. The molecule has 1 atom stereocenters. The van der Waals surface area contributed by atoms with Crippen LogP contribution in [-0.4, -0.2) is 36.7 Å². The summed E-state index contributed by atoms with van der Waals surface area (Å²) < 4.78 is 4.50. The lowest BCUT2D eigenvalue weighted by Crippen LogP contribution is -2.40. The number of esters is 1. The number of ether oxygens (including phenoxy) is 1. The first-order chi connectivity index (χ1) is 9.29. The van der Waals surface area contributed by atoms with Crippen molar-refractivity contribution < 1.29 is 19.4 Å². The lowest BCUT2D eigenvalue weighted by atomic mass is 9.92. The lowest BCUT2D eigenvalue weighted by Gasteiger charge is -2.27. The van der Waals surface area contributed by atoms with E-state index in [-0.39, 0.29) is 12.0 Å². The van der Waals surface area contributed by atoms with Gasteiger partial charge < -0.3 is 14.7 Å². The largest absolute Gasteiger partial charge is 0.469 e. The fourth-order valence-electron chi connectivity index (χ4n) is 1.66. The molecule has 1 rings (SSSR count). The SMILES string of the molecule is C=C(C(=O)N(C)c1ccccc1)C(C)(O)CC(=O)OC. The van der Waals surface area contributed by atoms with E-state index < -0.39 is 17.5 Å². The predicted octanol–water partition coefficient (Wildman–Crippen LogP) is 1.52. The Morgan fingerprint density at radius 1 is 1.35 bits per heavy atom. The van der Waals surface area contributed by atoms with Gasteiger partial charge in [-0.25, -0.2) is 0 Å². The van der Waals surface area contributed by atoms with Crippen molar-refractivity contribution in [2.24, 2.45) is 0 Å². The minimum atomic E-state index is -1.65. The minimum Gasteiger partial charge on any atom is -0.469 e. The number of para-hydroxylation sites is 1. The van der Waals surface area contributed by atoms with Gasteiger partial charge >= 0.3 is 5.97 Å². The second-order valence-electron chi connectivity index (χ2n) is 4.71. The summed E-state index contributed by atoms with van der Waals surface area (Å²) in [6.45, 7) is 4.98. The second kappa shape index (κ2) is 6.34. The Labute approximate surface area is 118 Å². The second-order valence-corrected chi connectivity index (χ2v) is 4.71. The number of carbonyl (C=O) groups is 2. The van der Waals surface area contributed by atoms with Crippen molar-refractivity contribution in [3.63, 3.8) is 0 Å². The average Bonchev–Trinajstić information content (AvgIpc) is 2.45. The molecule has 0 spiro atoms. The van der Waals surface area contributed by atoms with Crippen molar-refractivity contribution in [3.8, 4) is 0 Å².